The molecule has 102 valence electrons. The normalized spacial score (nSPS) is 11.8. The van der Waals surface area contributed by atoms with Crippen molar-refractivity contribution in [2.75, 3.05) is 5.75 Å². The Morgan fingerprint density at radius 3 is 2.60 bits per heavy atom. The third-order valence-corrected chi connectivity index (χ3v) is 3.44. The fourth-order valence-corrected chi connectivity index (χ4v) is 2.43. The first-order valence-corrected chi connectivity index (χ1v) is 6.48. The number of carboxylic acids is 2. The van der Waals surface area contributed by atoms with Crippen molar-refractivity contribution in [3.8, 4) is 0 Å². The summed E-state index contributed by atoms with van der Waals surface area (Å²) in [6.07, 6.45) is -0.414. The summed E-state index contributed by atoms with van der Waals surface area (Å²) in [5.74, 6) is -3.12. The van der Waals surface area contributed by atoms with Gasteiger partial charge in [-0.1, -0.05) is 23.9 Å². The number of aliphatic carboxylic acids is 2. The number of rotatable bonds is 6. The number of para-hydroxylation sites is 2. The van der Waals surface area contributed by atoms with Gasteiger partial charge in [0.15, 0.2) is 5.58 Å². The molecule has 0 aliphatic carbocycles. The van der Waals surface area contributed by atoms with E-state index in [0.717, 1.165) is 11.8 Å². The monoisotopic (exact) mass is 345 g/mol. The molecule has 6 nitrogen and oxygen atoms in total. The molecule has 0 spiro atoms. The van der Waals surface area contributed by atoms with Gasteiger partial charge in [0.05, 0.1) is 12.3 Å². The van der Waals surface area contributed by atoms with Gasteiger partial charge in [-0.2, -0.15) is 0 Å². The Kier molecular flexibility index (Phi) is 6.17. The number of oxazole rings is 1. The number of carbonyl (C=O) groups is 2. The quantitative estimate of drug-likeness (QED) is 0.610. The molecular weight excluding hydrogens is 336 g/mol. The molecule has 0 saturated carbocycles. The predicted octanol–water partition coefficient (Wildman–Crippen LogP) is 2.09. The molecule has 1 heterocycles. The molecule has 1 unspecified atom stereocenters. The summed E-state index contributed by atoms with van der Waals surface area (Å²) >= 11 is 1.10. The second-order valence-electron chi connectivity index (χ2n) is 3.89. The van der Waals surface area contributed by atoms with Crippen LogP contribution in [0.5, 0.6) is 0 Å². The van der Waals surface area contributed by atoms with Crippen molar-refractivity contribution >= 4 is 34.8 Å². The van der Waals surface area contributed by atoms with E-state index < -0.39 is 24.3 Å². The van der Waals surface area contributed by atoms with Crippen LogP contribution in [-0.2, 0) is 29.1 Å². The standard InChI is InChI=1S/C12H11NO5S.Zn/c14-10(15)5-7(11(16)17)6-19-12-13-8-3-1-2-4-9(8)18-12;/h1-4,7H,5-6H2,(H,14,15)(H,16,17);. The van der Waals surface area contributed by atoms with Crippen LogP contribution in [0, 0.1) is 5.92 Å². The van der Waals surface area contributed by atoms with Gasteiger partial charge in [0.2, 0.25) is 0 Å². The fourth-order valence-electron chi connectivity index (χ4n) is 1.51. The molecule has 0 aliphatic heterocycles. The summed E-state index contributed by atoms with van der Waals surface area (Å²) in [4.78, 5) is 25.6. The van der Waals surface area contributed by atoms with E-state index in [1.54, 1.807) is 12.1 Å². The maximum Gasteiger partial charge on any atom is 0.307 e. The molecule has 0 fully saturated rings. The SMILES string of the molecule is O=C(O)CC(CSc1nc2ccccc2o1)C(=O)O.[Zn]. The van der Waals surface area contributed by atoms with Crippen LogP contribution >= 0.6 is 11.8 Å². The Labute approximate surface area is 131 Å². The molecule has 2 rings (SSSR count). The van der Waals surface area contributed by atoms with E-state index in [1.807, 2.05) is 12.1 Å². The van der Waals surface area contributed by atoms with E-state index in [2.05, 4.69) is 4.98 Å². The summed E-state index contributed by atoms with van der Waals surface area (Å²) < 4.78 is 5.41. The zero-order chi connectivity index (χ0) is 13.8. The first-order valence-electron chi connectivity index (χ1n) is 5.49. The molecule has 0 aliphatic rings. The van der Waals surface area contributed by atoms with E-state index in [9.17, 15) is 9.59 Å². The largest absolute Gasteiger partial charge is 0.481 e. The Balaban J connectivity index is 0.00000200. The molecule has 0 amide bonds. The Bertz CT molecular complexity index is 582. The van der Waals surface area contributed by atoms with Gasteiger partial charge >= 0.3 is 11.9 Å². The number of thioether (sulfide) groups is 1. The van der Waals surface area contributed by atoms with Crippen molar-refractivity contribution in [1.82, 2.24) is 4.98 Å². The van der Waals surface area contributed by atoms with Gasteiger partial charge < -0.3 is 14.6 Å². The number of benzene rings is 1. The minimum absolute atomic E-state index is 0. The number of carboxylic acid groups (broad SMARTS) is 2. The second-order valence-corrected chi connectivity index (χ2v) is 4.86. The molecule has 2 aromatic rings. The van der Waals surface area contributed by atoms with Crippen LogP contribution in [-0.4, -0.2) is 32.9 Å². The van der Waals surface area contributed by atoms with Gasteiger partial charge in [-0.15, -0.1) is 0 Å². The number of hydrogen-bond donors (Lipinski definition) is 2. The van der Waals surface area contributed by atoms with Gasteiger partial charge in [-0.25, -0.2) is 4.98 Å². The van der Waals surface area contributed by atoms with Crippen molar-refractivity contribution in [2.24, 2.45) is 5.92 Å². The van der Waals surface area contributed by atoms with E-state index in [-0.39, 0.29) is 25.2 Å². The minimum Gasteiger partial charge on any atom is -0.481 e. The second kappa shape index (κ2) is 7.40. The van der Waals surface area contributed by atoms with Crippen LogP contribution in [0.25, 0.3) is 11.1 Å². The first kappa shape index (κ1) is 16.7. The van der Waals surface area contributed by atoms with E-state index in [0.29, 0.717) is 16.3 Å². The molecule has 0 radical (unpaired) electrons. The van der Waals surface area contributed by atoms with Crippen LogP contribution in [0.2, 0.25) is 0 Å². The molecular formula is C12H11NO5SZn. The maximum absolute atomic E-state index is 10.9. The van der Waals surface area contributed by atoms with Gasteiger partial charge in [0, 0.05) is 25.2 Å². The average molecular weight is 347 g/mol. The van der Waals surface area contributed by atoms with E-state index >= 15 is 0 Å². The number of nitrogens with zero attached hydrogens (tertiary/aromatic N) is 1. The molecule has 1 aromatic carbocycles. The summed E-state index contributed by atoms with van der Waals surface area (Å²) in [6.45, 7) is 0. The Morgan fingerprint density at radius 1 is 1.30 bits per heavy atom. The molecule has 2 N–H and O–H groups in total. The molecule has 0 saturated heterocycles. The van der Waals surface area contributed by atoms with Crippen molar-refractivity contribution < 1.29 is 43.7 Å². The molecule has 20 heavy (non-hydrogen) atoms. The van der Waals surface area contributed by atoms with Gasteiger partial charge in [0.25, 0.3) is 5.22 Å². The number of hydrogen-bond acceptors (Lipinski definition) is 5. The summed E-state index contributed by atoms with van der Waals surface area (Å²) in [6, 6.07) is 7.18. The Hall–Kier alpha value is -1.40. The summed E-state index contributed by atoms with van der Waals surface area (Å²) in [7, 11) is 0. The van der Waals surface area contributed by atoms with E-state index in [4.69, 9.17) is 14.6 Å². The molecule has 1 aromatic heterocycles. The van der Waals surface area contributed by atoms with Crippen molar-refractivity contribution in [3.63, 3.8) is 0 Å². The summed E-state index contributed by atoms with van der Waals surface area (Å²) in [5.41, 5.74) is 1.31. The van der Waals surface area contributed by atoms with Crippen LogP contribution < -0.4 is 0 Å². The van der Waals surface area contributed by atoms with Crippen LogP contribution in [0.15, 0.2) is 33.9 Å². The van der Waals surface area contributed by atoms with Crippen LogP contribution in [0.4, 0.5) is 0 Å². The van der Waals surface area contributed by atoms with Gasteiger partial charge in [0.1, 0.15) is 5.52 Å². The average Bonchev–Trinajstić information content (AvgIpc) is 2.76. The minimum atomic E-state index is -1.13. The number of fused-ring (bicyclic) bond motifs is 1. The van der Waals surface area contributed by atoms with Crippen molar-refractivity contribution in [3.05, 3.63) is 24.3 Å². The third-order valence-electron chi connectivity index (χ3n) is 2.45. The zero-order valence-corrected chi connectivity index (χ0v) is 14.3. The van der Waals surface area contributed by atoms with E-state index in [1.165, 1.54) is 0 Å². The third kappa shape index (κ3) is 4.32. The Morgan fingerprint density at radius 2 is 2.00 bits per heavy atom. The predicted molar refractivity (Wildman–Crippen MR) is 68.1 cm³/mol. The molecule has 0 bridgehead atoms. The van der Waals surface area contributed by atoms with Gasteiger partial charge in [-0.3, -0.25) is 9.59 Å². The van der Waals surface area contributed by atoms with Crippen molar-refractivity contribution in [2.45, 2.75) is 11.6 Å². The maximum atomic E-state index is 10.9. The zero-order valence-electron chi connectivity index (χ0n) is 10.5. The molecule has 8 heteroatoms. The molecule has 1 atom stereocenters. The van der Waals surface area contributed by atoms with Crippen LogP contribution in [0.3, 0.4) is 0 Å². The summed E-state index contributed by atoms with van der Waals surface area (Å²) in [5, 5.41) is 17.9. The van der Waals surface area contributed by atoms with Crippen molar-refractivity contribution in [1.29, 1.82) is 0 Å². The van der Waals surface area contributed by atoms with Gasteiger partial charge in [-0.05, 0) is 12.1 Å². The smallest absolute Gasteiger partial charge is 0.307 e. The fraction of sp³-hybridized carbons (Fsp3) is 0.250. The topological polar surface area (TPSA) is 101 Å². The first-order chi connectivity index (χ1) is 9.06. The van der Waals surface area contributed by atoms with Crippen LogP contribution in [0.1, 0.15) is 6.42 Å². The number of aromatic nitrogens is 1.